The molecule has 5 rings (SSSR count). The maximum Gasteiger partial charge on any atom is 0.143 e. The van der Waals surface area contributed by atoms with E-state index in [0.29, 0.717) is 12.8 Å². The largest absolute Gasteiger partial charge is 0.373 e. The number of hydrogen-bond donors (Lipinski definition) is 2. The molecule has 0 spiro atoms. The average Bonchev–Trinajstić information content (AvgIpc) is 3.34. The van der Waals surface area contributed by atoms with Gasteiger partial charge in [-0.3, -0.25) is 5.43 Å². The van der Waals surface area contributed by atoms with E-state index >= 15 is 0 Å². The van der Waals surface area contributed by atoms with Crippen molar-refractivity contribution in [2.24, 2.45) is 5.92 Å². The maximum absolute atomic E-state index is 14.5. The van der Waals surface area contributed by atoms with Gasteiger partial charge in [0.05, 0.1) is 30.1 Å². The number of aromatic nitrogens is 3. The standard InChI is InChI=1S/C20H27FN6O2/c1-11(2)28-18-5-13-15(6-14(18)21)25-26-20(13)16-7-19(23-10-22-16)27-4-3-17-12(9-27)8-24-29-17/h7-8,10-11,13-15,18,20,25-26H,3-6,9H2,1-2H3. The van der Waals surface area contributed by atoms with Crippen LogP contribution in [0.3, 0.4) is 0 Å². The van der Waals surface area contributed by atoms with E-state index in [-0.39, 0.29) is 30.2 Å². The van der Waals surface area contributed by atoms with Gasteiger partial charge in [-0.15, -0.1) is 0 Å². The second-order valence-corrected chi connectivity index (χ2v) is 8.49. The molecule has 3 aliphatic rings. The lowest BCUT2D eigenvalue weighted by atomic mass is 9.78. The van der Waals surface area contributed by atoms with Crippen molar-refractivity contribution in [2.45, 2.75) is 70.1 Å². The van der Waals surface area contributed by atoms with Crippen molar-refractivity contribution in [1.82, 2.24) is 26.0 Å². The van der Waals surface area contributed by atoms with Crippen molar-refractivity contribution in [3.63, 3.8) is 0 Å². The smallest absolute Gasteiger partial charge is 0.143 e. The zero-order valence-electron chi connectivity index (χ0n) is 16.7. The van der Waals surface area contributed by atoms with Crippen LogP contribution in [0.4, 0.5) is 10.2 Å². The molecule has 1 saturated heterocycles. The highest BCUT2D eigenvalue weighted by Crippen LogP contribution is 2.40. The van der Waals surface area contributed by atoms with Crippen molar-refractivity contribution >= 4 is 5.82 Å². The second-order valence-electron chi connectivity index (χ2n) is 8.49. The van der Waals surface area contributed by atoms with Crippen LogP contribution in [0.25, 0.3) is 0 Å². The van der Waals surface area contributed by atoms with Crippen LogP contribution in [0.5, 0.6) is 0 Å². The molecule has 5 atom stereocenters. The molecule has 2 fully saturated rings. The Morgan fingerprint density at radius 3 is 3.03 bits per heavy atom. The molecule has 2 N–H and O–H groups in total. The molecule has 0 radical (unpaired) electrons. The molecule has 0 aromatic carbocycles. The van der Waals surface area contributed by atoms with E-state index in [1.165, 1.54) is 0 Å². The van der Waals surface area contributed by atoms with Crippen LogP contribution in [-0.2, 0) is 17.7 Å². The Kier molecular flexibility index (Phi) is 4.97. The highest BCUT2D eigenvalue weighted by Gasteiger charge is 2.46. The van der Waals surface area contributed by atoms with E-state index in [4.69, 9.17) is 9.26 Å². The number of halogens is 1. The molecule has 9 heteroatoms. The zero-order chi connectivity index (χ0) is 20.0. The fourth-order valence-corrected chi connectivity index (χ4v) is 4.81. The molecule has 2 aromatic heterocycles. The van der Waals surface area contributed by atoms with Gasteiger partial charge in [0.1, 0.15) is 24.1 Å². The summed E-state index contributed by atoms with van der Waals surface area (Å²) in [6.07, 6.45) is 4.03. The van der Waals surface area contributed by atoms with Gasteiger partial charge >= 0.3 is 0 Å². The van der Waals surface area contributed by atoms with E-state index in [1.807, 2.05) is 19.9 Å². The highest BCUT2D eigenvalue weighted by molar-refractivity contribution is 5.43. The Labute approximate surface area is 169 Å². The molecule has 4 heterocycles. The van der Waals surface area contributed by atoms with Gasteiger partial charge in [0.15, 0.2) is 0 Å². The lowest BCUT2D eigenvalue weighted by molar-refractivity contribution is -0.0708. The monoisotopic (exact) mass is 402 g/mol. The third-order valence-electron chi connectivity index (χ3n) is 6.22. The molecule has 5 unspecified atom stereocenters. The van der Waals surface area contributed by atoms with Gasteiger partial charge in [0.25, 0.3) is 0 Å². The van der Waals surface area contributed by atoms with Crippen LogP contribution >= 0.6 is 0 Å². The first-order valence-corrected chi connectivity index (χ1v) is 10.4. The summed E-state index contributed by atoms with van der Waals surface area (Å²) in [5.74, 6) is 2.07. The third kappa shape index (κ3) is 3.62. The summed E-state index contributed by atoms with van der Waals surface area (Å²) in [5, 5.41) is 3.90. The fraction of sp³-hybridized carbons (Fsp3) is 0.650. The zero-order valence-corrected chi connectivity index (χ0v) is 16.7. The minimum Gasteiger partial charge on any atom is -0.373 e. The molecular weight excluding hydrogens is 375 g/mol. The first-order valence-electron chi connectivity index (χ1n) is 10.4. The van der Waals surface area contributed by atoms with E-state index in [0.717, 1.165) is 42.3 Å². The van der Waals surface area contributed by atoms with Gasteiger partial charge in [0.2, 0.25) is 0 Å². The number of hydrogen-bond acceptors (Lipinski definition) is 8. The Morgan fingerprint density at radius 2 is 2.17 bits per heavy atom. The second kappa shape index (κ2) is 7.62. The summed E-state index contributed by atoms with van der Waals surface area (Å²) in [7, 11) is 0. The quantitative estimate of drug-likeness (QED) is 0.804. The van der Waals surface area contributed by atoms with E-state index in [2.05, 4.69) is 30.9 Å². The molecule has 1 saturated carbocycles. The van der Waals surface area contributed by atoms with Crippen LogP contribution in [0, 0.1) is 5.92 Å². The highest BCUT2D eigenvalue weighted by atomic mass is 19.1. The van der Waals surface area contributed by atoms with Crippen LogP contribution in [-0.4, -0.2) is 46.1 Å². The summed E-state index contributed by atoms with van der Waals surface area (Å²) >= 11 is 0. The SMILES string of the molecule is CC(C)OC1CC2C(CC1F)NNC2c1cc(N2CCc3oncc3C2)ncn1. The normalized spacial score (nSPS) is 31.7. The molecule has 0 amide bonds. The van der Waals surface area contributed by atoms with E-state index < -0.39 is 6.17 Å². The Bertz CT molecular complexity index is 861. The van der Waals surface area contributed by atoms with Crippen molar-refractivity contribution in [3.8, 4) is 0 Å². The van der Waals surface area contributed by atoms with Crippen molar-refractivity contribution in [2.75, 3.05) is 11.4 Å². The van der Waals surface area contributed by atoms with Crippen LogP contribution < -0.4 is 15.8 Å². The van der Waals surface area contributed by atoms with Gasteiger partial charge in [-0.05, 0) is 26.7 Å². The average molecular weight is 402 g/mol. The number of ether oxygens (including phenoxy) is 1. The summed E-state index contributed by atoms with van der Waals surface area (Å²) < 4.78 is 25.7. The molecule has 156 valence electrons. The summed E-state index contributed by atoms with van der Waals surface area (Å²) in [4.78, 5) is 11.2. The predicted octanol–water partition coefficient (Wildman–Crippen LogP) is 2.09. The van der Waals surface area contributed by atoms with Crippen molar-refractivity contribution in [1.29, 1.82) is 0 Å². The minimum atomic E-state index is -0.946. The summed E-state index contributed by atoms with van der Waals surface area (Å²) in [6.45, 7) is 5.47. The number of fused-ring (bicyclic) bond motifs is 2. The first-order chi connectivity index (χ1) is 14.1. The van der Waals surface area contributed by atoms with Gasteiger partial charge in [-0.25, -0.2) is 19.8 Å². The predicted molar refractivity (Wildman–Crippen MR) is 104 cm³/mol. The van der Waals surface area contributed by atoms with Gasteiger partial charge in [-0.2, -0.15) is 0 Å². The van der Waals surface area contributed by atoms with Crippen molar-refractivity contribution in [3.05, 3.63) is 35.6 Å². The fourth-order valence-electron chi connectivity index (χ4n) is 4.81. The molecule has 8 nitrogen and oxygen atoms in total. The van der Waals surface area contributed by atoms with E-state index in [1.54, 1.807) is 12.5 Å². The summed E-state index contributed by atoms with van der Waals surface area (Å²) in [6, 6.07) is 2.12. The van der Waals surface area contributed by atoms with Crippen molar-refractivity contribution < 1.29 is 13.7 Å². The molecule has 2 aliphatic heterocycles. The molecule has 1 aliphatic carbocycles. The lowest BCUT2D eigenvalue weighted by Crippen LogP contribution is -2.44. The first kappa shape index (κ1) is 18.9. The van der Waals surface area contributed by atoms with Gasteiger partial charge in [-0.1, -0.05) is 5.16 Å². The molecule has 29 heavy (non-hydrogen) atoms. The minimum absolute atomic E-state index is 0.00320. The Hall–Kier alpha value is -2.10. The Balaban J connectivity index is 1.34. The number of anilines is 1. The lowest BCUT2D eigenvalue weighted by Gasteiger charge is -2.36. The van der Waals surface area contributed by atoms with Crippen LogP contribution in [0.1, 0.15) is 49.7 Å². The molecule has 0 bridgehead atoms. The maximum atomic E-state index is 14.5. The van der Waals surface area contributed by atoms with Crippen LogP contribution in [0.15, 0.2) is 23.1 Å². The third-order valence-corrected chi connectivity index (χ3v) is 6.22. The molecular formula is C20H27FN6O2. The topological polar surface area (TPSA) is 88.3 Å². The number of hydrazine groups is 1. The molecule has 2 aromatic rings. The van der Waals surface area contributed by atoms with Gasteiger partial charge < -0.3 is 14.2 Å². The van der Waals surface area contributed by atoms with Crippen LogP contribution in [0.2, 0.25) is 0 Å². The van der Waals surface area contributed by atoms with Gasteiger partial charge in [0, 0.05) is 43.1 Å². The Morgan fingerprint density at radius 1 is 1.28 bits per heavy atom. The number of nitrogens with zero attached hydrogens (tertiary/aromatic N) is 4. The number of rotatable bonds is 4. The van der Waals surface area contributed by atoms with E-state index in [9.17, 15) is 4.39 Å². The number of nitrogens with one attached hydrogen (secondary N) is 2. The summed E-state index contributed by atoms with van der Waals surface area (Å²) in [5.41, 5.74) is 8.65. The number of alkyl halides is 1.